The lowest BCUT2D eigenvalue weighted by atomic mass is 9.51. The van der Waals surface area contributed by atoms with Gasteiger partial charge in [0.25, 0.3) is 0 Å². The second kappa shape index (κ2) is 14.8. The van der Waals surface area contributed by atoms with Crippen LogP contribution in [0, 0.1) is 18.3 Å². The number of hydrogen-bond acceptors (Lipinski definition) is 7. The van der Waals surface area contributed by atoms with Crippen LogP contribution < -0.4 is 9.64 Å². The van der Waals surface area contributed by atoms with Gasteiger partial charge in [-0.05, 0) is 145 Å². The number of methoxy groups -OCH3 is 1. The fourth-order valence-corrected chi connectivity index (χ4v) is 9.19. The van der Waals surface area contributed by atoms with E-state index < -0.39 is 0 Å². The first-order valence-electron chi connectivity index (χ1n) is 19.5. The molecule has 5 aliphatic rings. The van der Waals surface area contributed by atoms with Gasteiger partial charge in [0.15, 0.2) is 0 Å². The SMILES string of the molecule is COc1ccc(C23CCC(CN(C(=O)C4CCC(OC(=O)N5CC(OC(C)C)C5)CC4)c4cc(-c5cnn(C(C)C)c5)ccn4)(CC2)CC3)cc1C. The molecule has 0 N–H and O–H groups in total. The largest absolute Gasteiger partial charge is 0.496 e. The van der Waals surface area contributed by atoms with Gasteiger partial charge in [0, 0.05) is 36.5 Å². The number of aryl methyl sites for hydroxylation is 1. The first-order valence-corrected chi connectivity index (χ1v) is 19.5. The van der Waals surface area contributed by atoms with Crippen LogP contribution in [-0.4, -0.2) is 76.7 Å². The number of anilines is 1. The third-order valence-electron chi connectivity index (χ3n) is 12.5. The Kier molecular flexibility index (Phi) is 10.4. The number of likely N-dealkylation sites (tertiary alicyclic amines) is 1. The van der Waals surface area contributed by atoms with Crippen LogP contribution in [0.4, 0.5) is 10.6 Å². The number of benzene rings is 1. The zero-order chi connectivity index (χ0) is 36.6. The predicted octanol–water partition coefficient (Wildman–Crippen LogP) is 8.27. The van der Waals surface area contributed by atoms with E-state index in [1.165, 1.54) is 11.1 Å². The van der Waals surface area contributed by atoms with Crippen molar-refractivity contribution in [2.75, 3.05) is 31.6 Å². The van der Waals surface area contributed by atoms with Crippen LogP contribution >= 0.6 is 0 Å². The normalized spacial score (nSPS) is 26.0. The van der Waals surface area contributed by atoms with Crippen LogP contribution in [-0.2, 0) is 19.7 Å². The molecule has 1 aromatic carbocycles. The molecule has 280 valence electrons. The summed E-state index contributed by atoms with van der Waals surface area (Å²) in [5.74, 6) is 1.66. The summed E-state index contributed by atoms with van der Waals surface area (Å²) in [6.07, 6.45) is 15.0. The smallest absolute Gasteiger partial charge is 0.410 e. The molecule has 4 saturated carbocycles. The van der Waals surface area contributed by atoms with Gasteiger partial charge in [-0.2, -0.15) is 5.10 Å². The molecule has 52 heavy (non-hydrogen) atoms. The van der Waals surface area contributed by atoms with Crippen molar-refractivity contribution < 1.29 is 23.8 Å². The molecule has 0 spiro atoms. The molecule has 1 aliphatic heterocycles. The molecular formula is C42H57N5O5. The summed E-state index contributed by atoms with van der Waals surface area (Å²) in [6, 6.07) is 11.1. The number of ether oxygens (including phenoxy) is 3. The number of aromatic nitrogens is 3. The minimum Gasteiger partial charge on any atom is -0.496 e. The molecule has 0 atom stereocenters. The number of pyridine rings is 1. The van der Waals surface area contributed by atoms with E-state index in [9.17, 15) is 9.59 Å². The molecular weight excluding hydrogens is 654 g/mol. The third-order valence-corrected chi connectivity index (χ3v) is 12.5. The molecule has 10 heteroatoms. The van der Waals surface area contributed by atoms with Gasteiger partial charge in [0.1, 0.15) is 17.7 Å². The van der Waals surface area contributed by atoms with Crippen molar-refractivity contribution in [1.29, 1.82) is 0 Å². The molecule has 3 aromatic rings. The van der Waals surface area contributed by atoms with Gasteiger partial charge in [-0.1, -0.05) is 12.1 Å². The second-order valence-electron chi connectivity index (χ2n) is 16.7. The maximum absolute atomic E-state index is 14.7. The van der Waals surface area contributed by atoms with E-state index in [4.69, 9.17) is 19.2 Å². The average molecular weight is 712 g/mol. The van der Waals surface area contributed by atoms with Crippen molar-refractivity contribution >= 4 is 17.8 Å². The Labute approximate surface area is 309 Å². The summed E-state index contributed by atoms with van der Waals surface area (Å²) >= 11 is 0. The summed E-state index contributed by atoms with van der Waals surface area (Å²) in [5.41, 5.74) is 4.89. The van der Waals surface area contributed by atoms with Crippen molar-refractivity contribution in [3.8, 4) is 16.9 Å². The minimum atomic E-state index is -0.267. The number of fused-ring (bicyclic) bond motifs is 3. The zero-order valence-electron chi connectivity index (χ0n) is 32.0. The molecule has 2 bridgehead atoms. The molecule has 2 amide bonds. The van der Waals surface area contributed by atoms with Crippen LogP contribution in [0.1, 0.15) is 109 Å². The lowest BCUT2D eigenvalue weighted by Gasteiger charge is -2.55. The van der Waals surface area contributed by atoms with Crippen molar-refractivity contribution in [2.24, 2.45) is 11.3 Å². The molecule has 0 unspecified atom stereocenters. The number of nitrogens with zero attached hydrogens (tertiary/aromatic N) is 5. The molecule has 2 aromatic heterocycles. The van der Waals surface area contributed by atoms with E-state index >= 15 is 0 Å². The Morgan fingerprint density at radius 2 is 1.63 bits per heavy atom. The fraction of sp³-hybridized carbons (Fsp3) is 0.619. The quantitative estimate of drug-likeness (QED) is 0.198. The molecule has 3 heterocycles. The van der Waals surface area contributed by atoms with Crippen molar-refractivity contribution in [2.45, 2.75) is 129 Å². The Balaban J connectivity index is 1.06. The monoisotopic (exact) mass is 711 g/mol. The van der Waals surface area contributed by atoms with E-state index in [1.807, 2.05) is 41.9 Å². The summed E-state index contributed by atoms with van der Waals surface area (Å²) in [6.45, 7) is 12.2. The maximum Gasteiger partial charge on any atom is 0.410 e. The minimum absolute atomic E-state index is 0.0558. The molecule has 1 saturated heterocycles. The standard InChI is InChI=1S/C42H57N5O5/c1-28(2)47-24-33(23-44-47)32-13-20-43-38(22-32)46(27-41-14-17-42(18-15-41,19-16-41)34-9-12-37(50-6)30(5)21-34)39(48)31-7-10-35(11-8-31)52-40(49)45-25-36(26-45)51-29(3)4/h9,12-13,20-24,28-29,31,35-36H,7-8,10-11,14-19,25-27H2,1-6H3. The number of carbonyl (C=O) groups is 2. The molecule has 4 aliphatic carbocycles. The summed E-state index contributed by atoms with van der Waals surface area (Å²) < 4.78 is 19.2. The summed E-state index contributed by atoms with van der Waals surface area (Å²) in [4.78, 5) is 36.1. The van der Waals surface area contributed by atoms with Crippen LogP contribution in [0.2, 0.25) is 0 Å². The number of rotatable bonds is 11. The zero-order valence-corrected chi connectivity index (χ0v) is 32.0. The Bertz CT molecular complexity index is 1710. The first-order chi connectivity index (χ1) is 25.0. The highest BCUT2D eigenvalue weighted by Gasteiger charge is 2.51. The van der Waals surface area contributed by atoms with E-state index in [-0.39, 0.29) is 53.1 Å². The molecule has 5 fully saturated rings. The highest BCUT2D eigenvalue weighted by Crippen LogP contribution is 2.58. The van der Waals surface area contributed by atoms with E-state index in [0.717, 1.165) is 55.4 Å². The van der Waals surface area contributed by atoms with Crippen LogP contribution in [0.3, 0.4) is 0 Å². The van der Waals surface area contributed by atoms with Gasteiger partial charge in [-0.3, -0.25) is 14.4 Å². The van der Waals surface area contributed by atoms with Crippen LogP contribution in [0.5, 0.6) is 5.75 Å². The first kappa shape index (κ1) is 36.4. The lowest BCUT2D eigenvalue weighted by Crippen LogP contribution is -2.56. The maximum atomic E-state index is 14.7. The van der Waals surface area contributed by atoms with Gasteiger partial charge in [-0.15, -0.1) is 0 Å². The van der Waals surface area contributed by atoms with Crippen LogP contribution in [0.15, 0.2) is 48.9 Å². The van der Waals surface area contributed by atoms with E-state index in [0.29, 0.717) is 51.1 Å². The highest BCUT2D eigenvalue weighted by molar-refractivity contribution is 5.95. The summed E-state index contributed by atoms with van der Waals surface area (Å²) in [7, 11) is 1.74. The van der Waals surface area contributed by atoms with E-state index in [2.05, 4.69) is 56.3 Å². The highest BCUT2D eigenvalue weighted by atomic mass is 16.6. The van der Waals surface area contributed by atoms with Gasteiger partial charge in [0.2, 0.25) is 5.91 Å². The fourth-order valence-electron chi connectivity index (χ4n) is 9.19. The van der Waals surface area contributed by atoms with Gasteiger partial charge in [-0.25, -0.2) is 9.78 Å². The number of carbonyl (C=O) groups excluding carboxylic acids is 2. The van der Waals surface area contributed by atoms with Gasteiger partial charge < -0.3 is 19.1 Å². The Morgan fingerprint density at radius 3 is 2.25 bits per heavy atom. The summed E-state index contributed by atoms with van der Waals surface area (Å²) in [5, 5.41) is 4.57. The molecule has 8 rings (SSSR count). The number of amides is 2. The molecule has 0 radical (unpaired) electrons. The van der Waals surface area contributed by atoms with Crippen molar-refractivity contribution in [1.82, 2.24) is 19.7 Å². The second-order valence-corrected chi connectivity index (χ2v) is 16.7. The third kappa shape index (κ3) is 7.45. The van der Waals surface area contributed by atoms with Crippen molar-refractivity contribution in [3.63, 3.8) is 0 Å². The van der Waals surface area contributed by atoms with Crippen LogP contribution in [0.25, 0.3) is 11.1 Å². The Morgan fingerprint density at radius 1 is 0.923 bits per heavy atom. The van der Waals surface area contributed by atoms with Crippen molar-refractivity contribution in [3.05, 3.63) is 60.0 Å². The van der Waals surface area contributed by atoms with Gasteiger partial charge in [0.05, 0.1) is 38.6 Å². The topological polar surface area (TPSA) is 99.0 Å². The predicted molar refractivity (Wildman–Crippen MR) is 202 cm³/mol. The Hall–Kier alpha value is -3.92. The van der Waals surface area contributed by atoms with Gasteiger partial charge >= 0.3 is 6.09 Å². The molecule has 10 nitrogen and oxygen atoms in total. The van der Waals surface area contributed by atoms with E-state index in [1.54, 1.807) is 12.0 Å². The lowest BCUT2D eigenvalue weighted by molar-refractivity contribution is -0.125. The average Bonchev–Trinajstić information content (AvgIpc) is 3.64. The number of hydrogen-bond donors (Lipinski definition) is 0.